The molecular formula is C17H19FN2O3. The molecule has 0 saturated heterocycles. The standard InChI is InChI=1S/C17H19FN2O3/c1-11(20-16(21)17(2,3)22)12-6-7-15(14(18)9-12)23-13-5-4-8-19-10-13/h4-11,22H,1-3H3,(H,20,21). The van der Waals surface area contributed by atoms with Crippen LogP contribution in [0.15, 0.2) is 42.7 Å². The van der Waals surface area contributed by atoms with Gasteiger partial charge in [0.25, 0.3) is 5.91 Å². The second kappa shape index (κ2) is 6.75. The maximum absolute atomic E-state index is 14.2. The summed E-state index contributed by atoms with van der Waals surface area (Å²) in [6.07, 6.45) is 3.08. The van der Waals surface area contributed by atoms with E-state index < -0.39 is 23.4 Å². The predicted molar refractivity (Wildman–Crippen MR) is 83.6 cm³/mol. The SMILES string of the molecule is CC(NC(=O)C(C)(C)O)c1ccc(Oc2cccnc2)c(F)c1. The van der Waals surface area contributed by atoms with E-state index in [1.807, 2.05) is 0 Å². The van der Waals surface area contributed by atoms with Gasteiger partial charge >= 0.3 is 0 Å². The monoisotopic (exact) mass is 318 g/mol. The number of amides is 1. The second-order valence-corrected chi connectivity index (χ2v) is 5.73. The van der Waals surface area contributed by atoms with Crippen LogP contribution in [0.5, 0.6) is 11.5 Å². The molecule has 5 nitrogen and oxygen atoms in total. The van der Waals surface area contributed by atoms with Crippen LogP contribution in [-0.2, 0) is 4.79 Å². The number of aliphatic hydroxyl groups is 1. The van der Waals surface area contributed by atoms with Gasteiger partial charge in [-0.25, -0.2) is 4.39 Å². The van der Waals surface area contributed by atoms with Gasteiger partial charge < -0.3 is 15.2 Å². The first-order chi connectivity index (χ1) is 10.8. The number of pyridine rings is 1. The average molecular weight is 318 g/mol. The molecule has 0 radical (unpaired) electrons. The van der Waals surface area contributed by atoms with Gasteiger partial charge in [0.1, 0.15) is 11.4 Å². The van der Waals surface area contributed by atoms with E-state index in [2.05, 4.69) is 10.3 Å². The van der Waals surface area contributed by atoms with Gasteiger partial charge in [-0.1, -0.05) is 6.07 Å². The summed E-state index contributed by atoms with van der Waals surface area (Å²) in [5, 5.41) is 12.3. The minimum atomic E-state index is -1.49. The number of ether oxygens (including phenoxy) is 1. The molecule has 1 unspecified atom stereocenters. The van der Waals surface area contributed by atoms with Crippen molar-refractivity contribution in [2.24, 2.45) is 0 Å². The third-order valence-corrected chi connectivity index (χ3v) is 3.22. The smallest absolute Gasteiger partial charge is 0.251 e. The normalized spacial score (nSPS) is 12.6. The van der Waals surface area contributed by atoms with Crippen LogP contribution in [0.4, 0.5) is 4.39 Å². The minimum Gasteiger partial charge on any atom is -0.453 e. The summed E-state index contributed by atoms with van der Waals surface area (Å²) in [7, 11) is 0. The lowest BCUT2D eigenvalue weighted by Crippen LogP contribution is -2.42. The highest BCUT2D eigenvalue weighted by atomic mass is 19.1. The quantitative estimate of drug-likeness (QED) is 0.889. The summed E-state index contributed by atoms with van der Waals surface area (Å²) in [6.45, 7) is 4.49. The molecule has 1 heterocycles. The Bertz CT molecular complexity index is 684. The number of rotatable bonds is 5. The molecule has 6 heteroatoms. The molecule has 2 N–H and O–H groups in total. The van der Waals surface area contributed by atoms with Gasteiger partial charge in [-0.05, 0) is 50.6 Å². The molecule has 1 amide bonds. The molecule has 0 fully saturated rings. The molecule has 23 heavy (non-hydrogen) atoms. The summed E-state index contributed by atoms with van der Waals surface area (Å²) in [6, 6.07) is 7.36. The molecule has 0 saturated carbocycles. The van der Waals surface area contributed by atoms with Crippen molar-refractivity contribution in [2.75, 3.05) is 0 Å². The van der Waals surface area contributed by atoms with E-state index in [9.17, 15) is 14.3 Å². The molecule has 2 rings (SSSR count). The van der Waals surface area contributed by atoms with Gasteiger partial charge in [-0.2, -0.15) is 0 Å². The zero-order chi connectivity index (χ0) is 17.0. The molecule has 0 spiro atoms. The highest BCUT2D eigenvalue weighted by molar-refractivity contribution is 5.84. The van der Waals surface area contributed by atoms with Crippen molar-refractivity contribution < 1.29 is 19.0 Å². The zero-order valence-electron chi connectivity index (χ0n) is 13.2. The molecule has 0 aliphatic rings. The first-order valence-corrected chi connectivity index (χ1v) is 7.18. The van der Waals surface area contributed by atoms with Crippen molar-refractivity contribution in [1.82, 2.24) is 10.3 Å². The van der Waals surface area contributed by atoms with E-state index >= 15 is 0 Å². The Morgan fingerprint density at radius 1 is 1.39 bits per heavy atom. The average Bonchev–Trinajstić information content (AvgIpc) is 2.49. The topological polar surface area (TPSA) is 71.5 Å². The first-order valence-electron chi connectivity index (χ1n) is 7.18. The Morgan fingerprint density at radius 3 is 2.70 bits per heavy atom. The molecule has 1 atom stereocenters. The number of halogens is 1. The fourth-order valence-corrected chi connectivity index (χ4v) is 1.86. The number of nitrogens with one attached hydrogen (secondary N) is 1. The number of carbonyl (C=O) groups is 1. The van der Waals surface area contributed by atoms with Crippen molar-refractivity contribution in [3.63, 3.8) is 0 Å². The van der Waals surface area contributed by atoms with Crippen LogP contribution in [0.2, 0.25) is 0 Å². The lowest BCUT2D eigenvalue weighted by Gasteiger charge is -2.21. The van der Waals surface area contributed by atoms with Gasteiger partial charge in [-0.3, -0.25) is 9.78 Å². The molecule has 0 bridgehead atoms. The van der Waals surface area contributed by atoms with Gasteiger partial charge in [0.15, 0.2) is 11.6 Å². The summed E-state index contributed by atoms with van der Waals surface area (Å²) < 4.78 is 19.6. The summed E-state index contributed by atoms with van der Waals surface area (Å²) in [5.74, 6) is -0.567. The van der Waals surface area contributed by atoms with Gasteiger partial charge in [0, 0.05) is 6.20 Å². The third-order valence-electron chi connectivity index (χ3n) is 3.22. The zero-order valence-corrected chi connectivity index (χ0v) is 13.2. The largest absolute Gasteiger partial charge is 0.453 e. The Kier molecular flexibility index (Phi) is 4.95. The van der Waals surface area contributed by atoms with E-state index in [0.29, 0.717) is 11.3 Å². The van der Waals surface area contributed by atoms with Crippen LogP contribution in [-0.4, -0.2) is 21.6 Å². The van der Waals surface area contributed by atoms with Gasteiger partial charge in [-0.15, -0.1) is 0 Å². The number of benzene rings is 1. The highest BCUT2D eigenvalue weighted by Crippen LogP contribution is 2.26. The van der Waals surface area contributed by atoms with Crippen molar-refractivity contribution in [3.05, 3.63) is 54.1 Å². The molecule has 0 aliphatic carbocycles. The first kappa shape index (κ1) is 16.9. The van der Waals surface area contributed by atoms with Crippen molar-refractivity contribution in [1.29, 1.82) is 0 Å². The minimum absolute atomic E-state index is 0.0720. The van der Waals surface area contributed by atoms with E-state index in [4.69, 9.17) is 4.74 Å². The number of hydrogen-bond acceptors (Lipinski definition) is 4. The number of hydrogen-bond donors (Lipinski definition) is 2. The molecule has 1 aromatic carbocycles. The van der Waals surface area contributed by atoms with E-state index in [1.54, 1.807) is 31.3 Å². The second-order valence-electron chi connectivity index (χ2n) is 5.73. The van der Waals surface area contributed by atoms with Crippen LogP contribution in [0.1, 0.15) is 32.4 Å². The fraction of sp³-hybridized carbons (Fsp3) is 0.294. The Balaban J connectivity index is 2.11. The lowest BCUT2D eigenvalue weighted by atomic mass is 10.1. The Morgan fingerprint density at radius 2 is 2.13 bits per heavy atom. The van der Waals surface area contributed by atoms with Gasteiger partial charge in [0.2, 0.25) is 0 Å². The van der Waals surface area contributed by atoms with Crippen LogP contribution < -0.4 is 10.1 Å². The lowest BCUT2D eigenvalue weighted by molar-refractivity contribution is -0.137. The van der Waals surface area contributed by atoms with E-state index in [1.165, 1.54) is 32.2 Å². The predicted octanol–water partition coefficient (Wildman–Crippen LogP) is 2.96. The third kappa shape index (κ3) is 4.50. The van der Waals surface area contributed by atoms with Crippen LogP contribution in [0.3, 0.4) is 0 Å². The number of nitrogens with zero attached hydrogens (tertiary/aromatic N) is 1. The number of aromatic nitrogens is 1. The molecule has 2 aromatic rings. The summed E-state index contributed by atoms with van der Waals surface area (Å²) in [5.41, 5.74) is -0.922. The van der Waals surface area contributed by atoms with Crippen LogP contribution in [0, 0.1) is 5.82 Å². The molecule has 1 aromatic heterocycles. The van der Waals surface area contributed by atoms with Crippen molar-refractivity contribution in [3.8, 4) is 11.5 Å². The van der Waals surface area contributed by atoms with E-state index in [0.717, 1.165) is 0 Å². The fourth-order valence-electron chi connectivity index (χ4n) is 1.86. The highest BCUT2D eigenvalue weighted by Gasteiger charge is 2.25. The van der Waals surface area contributed by atoms with Crippen molar-refractivity contribution in [2.45, 2.75) is 32.4 Å². The maximum atomic E-state index is 14.2. The summed E-state index contributed by atoms with van der Waals surface area (Å²) >= 11 is 0. The molecule has 122 valence electrons. The Labute approximate surface area is 134 Å². The van der Waals surface area contributed by atoms with Crippen molar-refractivity contribution >= 4 is 5.91 Å². The van der Waals surface area contributed by atoms with E-state index in [-0.39, 0.29) is 5.75 Å². The van der Waals surface area contributed by atoms with Crippen LogP contribution >= 0.6 is 0 Å². The molecular weight excluding hydrogens is 299 g/mol. The maximum Gasteiger partial charge on any atom is 0.251 e. The molecule has 0 aliphatic heterocycles. The van der Waals surface area contributed by atoms with Crippen LogP contribution in [0.25, 0.3) is 0 Å². The summed E-state index contributed by atoms with van der Waals surface area (Å²) in [4.78, 5) is 15.6. The van der Waals surface area contributed by atoms with Gasteiger partial charge in [0.05, 0.1) is 12.2 Å². The number of carbonyl (C=O) groups excluding carboxylic acids is 1. The Hall–Kier alpha value is -2.47.